The van der Waals surface area contributed by atoms with Gasteiger partial charge >= 0.3 is 11.8 Å². The molecular weight excluding hydrogens is 416 g/mol. The molecule has 1 saturated carbocycles. The lowest BCUT2D eigenvalue weighted by atomic mass is 10.0. The summed E-state index contributed by atoms with van der Waals surface area (Å²) >= 11 is 0. The van der Waals surface area contributed by atoms with E-state index in [-0.39, 0.29) is 18.4 Å². The molecule has 10 heteroatoms. The zero-order valence-electron chi connectivity index (χ0n) is 18.2. The predicted molar refractivity (Wildman–Crippen MR) is 114 cm³/mol. The fourth-order valence-corrected chi connectivity index (χ4v) is 3.06. The predicted octanol–water partition coefficient (Wildman–Crippen LogP) is 1.89. The molecule has 1 aromatic heterocycles. The second-order valence-corrected chi connectivity index (χ2v) is 8.33. The molecule has 0 aliphatic heterocycles. The number of benzene rings is 1. The first-order valence-corrected chi connectivity index (χ1v) is 10.7. The van der Waals surface area contributed by atoms with Crippen LogP contribution in [0.5, 0.6) is 0 Å². The number of hydrogen-bond donors (Lipinski definition) is 2. The van der Waals surface area contributed by atoms with E-state index in [1.54, 1.807) is 0 Å². The van der Waals surface area contributed by atoms with Crippen LogP contribution in [0.25, 0.3) is 0 Å². The lowest BCUT2D eigenvalue weighted by Gasteiger charge is -2.19. The van der Waals surface area contributed by atoms with E-state index >= 15 is 0 Å². The van der Waals surface area contributed by atoms with E-state index in [4.69, 9.17) is 9.15 Å². The van der Waals surface area contributed by atoms with Crippen molar-refractivity contribution >= 4 is 17.8 Å². The quantitative estimate of drug-likeness (QED) is 0.506. The summed E-state index contributed by atoms with van der Waals surface area (Å²) < 4.78 is 11.2. The van der Waals surface area contributed by atoms with Crippen LogP contribution < -0.4 is 16.4 Å². The van der Waals surface area contributed by atoms with E-state index in [2.05, 4.69) is 15.7 Å². The van der Waals surface area contributed by atoms with Crippen molar-refractivity contribution in [3.63, 3.8) is 0 Å². The molecule has 1 fully saturated rings. The van der Waals surface area contributed by atoms with Crippen LogP contribution in [0.15, 0.2) is 39.5 Å². The Hall–Kier alpha value is -3.43. The largest absolute Gasteiger partial charge is 0.445 e. The second-order valence-electron chi connectivity index (χ2n) is 8.33. The smallest absolute Gasteiger partial charge is 0.437 e. The molecular formula is C22H28N4O6. The molecule has 1 atom stereocenters. The summed E-state index contributed by atoms with van der Waals surface area (Å²) in [5.41, 5.74) is 0.820. The average molecular weight is 444 g/mol. The van der Waals surface area contributed by atoms with Gasteiger partial charge in [0.05, 0.1) is 13.1 Å². The minimum atomic E-state index is -0.884. The summed E-state index contributed by atoms with van der Waals surface area (Å²) in [5.74, 6) is -1.70. The van der Waals surface area contributed by atoms with Crippen LogP contribution in [-0.2, 0) is 22.7 Å². The van der Waals surface area contributed by atoms with E-state index in [9.17, 15) is 19.2 Å². The van der Waals surface area contributed by atoms with Crippen molar-refractivity contribution < 1.29 is 23.5 Å². The van der Waals surface area contributed by atoms with Crippen molar-refractivity contribution in [1.82, 2.24) is 20.4 Å². The Morgan fingerprint density at radius 2 is 1.94 bits per heavy atom. The van der Waals surface area contributed by atoms with Gasteiger partial charge in [-0.15, -0.1) is 5.10 Å². The number of ether oxygens (including phenoxy) is 1. The van der Waals surface area contributed by atoms with Gasteiger partial charge in [-0.05, 0) is 36.7 Å². The number of nitrogens with one attached hydrogen (secondary N) is 2. The van der Waals surface area contributed by atoms with E-state index in [1.165, 1.54) is 0 Å². The number of carbonyl (C=O) groups is 3. The van der Waals surface area contributed by atoms with Gasteiger partial charge in [0.2, 0.25) is 11.7 Å². The Morgan fingerprint density at radius 1 is 1.22 bits per heavy atom. The van der Waals surface area contributed by atoms with Crippen LogP contribution in [0.1, 0.15) is 49.4 Å². The van der Waals surface area contributed by atoms with Crippen molar-refractivity contribution in [2.24, 2.45) is 11.8 Å². The third-order valence-corrected chi connectivity index (χ3v) is 4.92. The van der Waals surface area contributed by atoms with Gasteiger partial charge in [0.1, 0.15) is 12.6 Å². The van der Waals surface area contributed by atoms with Gasteiger partial charge in [-0.1, -0.05) is 44.2 Å². The molecule has 2 amide bonds. The first-order valence-electron chi connectivity index (χ1n) is 10.7. The number of hydrogen-bond acceptors (Lipinski definition) is 7. The summed E-state index contributed by atoms with van der Waals surface area (Å²) in [7, 11) is 0. The standard InChI is InChI=1S/C22H28N4O6/c1-14(2)10-17(24-21(29)31-13-16-6-4-3-5-7-16)19(28)23-11-18(27)20-25-26(22(30)32-20)12-15-8-9-15/h3-7,14-15,17H,8-13H2,1-2H3,(H,23,28)(H,24,29). The molecule has 0 radical (unpaired) electrons. The fourth-order valence-electron chi connectivity index (χ4n) is 3.06. The zero-order valence-corrected chi connectivity index (χ0v) is 18.2. The van der Waals surface area contributed by atoms with E-state index < -0.39 is 36.1 Å². The lowest BCUT2D eigenvalue weighted by Crippen LogP contribution is -2.48. The number of Topliss-reactive ketones (excluding diaryl/α,β-unsaturated/α-hetero) is 1. The second kappa shape index (κ2) is 10.7. The molecule has 0 saturated heterocycles. The van der Waals surface area contributed by atoms with Crippen LogP contribution in [0.4, 0.5) is 4.79 Å². The van der Waals surface area contributed by atoms with Crippen LogP contribution in [0.3, 0.4) is 0 Å². The molecule has 0 spiro atoms. The minimum Gasteiger partial charge on any atom is -0.445 e. The number of rotatable bonds is 11. The van der Waals surface area contributed by atoms with Crippen molar-refractivity contribution in [3.8, 4) is 0 Å². The first-order chi connectivity index (χ1) is 15.3. The third-order valence-electron chi connectivity index (χ3n) is 4.92. The minimum absolute atomic E-state index is 0.0731. The maximum atomic E-state index is 12.6. The summed E-state index contributed by atoms with van der Waals surface area (Å²) in [4.78, 5) is 48.9. The number of alkyl carbamates (subject to hydrolysis) is 1. The maximum Gasteiger partial charge on any atom is 0.437 e. The van der Waals surface area contributed by atoms with Gasteiger partial charge in [0.25, 0.3) is 5.89 Å². The third kappa shape index (κ3) is 7.07. The van der Waals surface area contributed by atoms with Gasteiger partial charge < -0.3 is 19.8 Å². The van der Waals surface area contributed by atoms with Gasteiger partial charge in [0, 0.05) is 0 Å². The molecule has 2 N–H and O–H groups in total. The molecule has 172 valence electrons. The van der Waals surface area contributed by atoms with Gasteiger partial charge in [-0.2, -0.15) is 4.68 Å². The monoisotopic (exact) mass is 444 g/mol. The van der Waals surface area contributed by atoms with Gasteiger partial charge in [0.15, 0.2) is 0 Å². The molecule has 1 aromatic carbocycles. The first kappa shape index (κ1) is 23.2. The average Bonchev–Trinajstić information content (AvgIpc) is 3.51. The number of nitrogens with zero attached hydrogens (tertiary/aromatic N) is 2. The summed E-state index contributed by atoms with van der Waals surface area (Å²) in [5, 5.41) is 8.93. The molecule has 1 heterocycles. The molecule has 32 heavy (non-hydrogen) atoms. The highest BCUT2D eigenvalue weighted by Gasteiger charge is 2.27. The van der Waals surface area contributed by atoms with Crippen LogP contribution in [0.2, 0.25) is 0 Å². The molecule has 1 aliphatic rings. The molecule has 1 aliphatic carbocycles. The topological polar surface area (TPSA) is 133 Å². The SMILES string of the molecule is CC(C)CC(NC(=O)OCc1ccccc1)C(=O)NCC(=O)c1nn(CC2CC2)c(=O)o1. The van der Waals surface area contributed by atoms with Gasteiger partial charge in [-0.25, -0.2) is 9.59 Å². The summed E-state index contributed by atoms with van der Waals surface area (Å²) in [6.07, 6.45) is 1.67. The van der Waals surface area contributed by atoms with Crippen molar-refractivity contribution in [2.75, 3.05) is 6.54 Å². The number of carbonyl (C=O) groups excluding carboxylic acids is 3. The van der Waals surface area contributed by atoms with Crippen molar-refractivity contribution in [3.05, 3.63) is 52.3 Å². The van der Waals surface area contributed by atoms with Gasteiger partial charge in [-0.3, -0.25) is 9.59 Å². The van der Waals surface area contributed by atoms with Crippen LogP contribution in [0, 0.1) is 11.8 Å². The molecule has 3 rings (SSSR count). The molecule has 1 unspecified atom stereocenters. The van der Waals surface area contributed by atoms with Crippen LogP contribution in [-0.4, -0.2) is 40.2 Å². The van der Waals surface area contributed by atoms with Crippen molar-refractivity contribution in [1.29, 1.82) is 0 Å². The highest BCUT2D eigenvalue weighted by atomic mass is 16.5. The van der Waals surface area contributed by atoms with Crippen LogP contribution >= 0.6 is 0 Å². The van der Waals surface area contributed by atoms with E-state index in [1.807, 2.05) is 44.2 Å². The van der Waals surface area contributed by atoms with E-state index in [0.29, 0.717) is 18.9 Å². The Kier molecular flexibility index (Phi) is 7.80. The molecule has 10 nitrogen and oxygen atoms in total. The lowest BCUT2D eigenvalue weighted by molar-refractivity contribution is -0.123. The number of amides is 2. The Labute approximate surface area is 185 Å². The molecule has 0 bridgehead atoms. The zero-order chi connectivity index (χ0) is 23.1. The highest BCUT2D eigenvalue weighted by Crippen LogP contribution is 2.29. The Balaban J connectivity index is 1.51. The summed E-state index contributed by atoms with van der Waals surface area (Å²) in [6, 6.07) is 8.28. The maximum absolute atomic E-state index is 12.6. The Bertz CT molecular complexity index is 993. The normalized spacial score (nSPS) is 14.1. The van der Waals surface area contributed by atoms with E-state index in [0.717, 1.165) is 23.1 Å². The summed E-state index contributed by atoms with van der Waals surface area (Å²) in [6.45, 7) is 3.90. The Morgan fingerprint density at radius 3 is 2.59 bits per heavy atom. The number of aromatic nitrogens is 2. The fraction of sp³-hybridized carbons (Fsp3) is 0.500. The van der Waals surface area contributed by atoms with Crippen molar-refractivity contribution in [2.45, 2.75) is 52.3 Å². The number of ketones is 1. The highest BCUT2D eigenvalue weighted by molar-refractivity contribution is 5.96. The molecule has 2 aromatic rings.